The van der Waals surface area contributed by atoms with Crippen molar-refractivity contribution < 1.29 is 0 Å². The van der Waals surface area contributed by atoms with Crippen LogP contribution in [-0.4, -0.2) is 0 Å². The molecule has 0 unspecified atom stereocenters. The van der Waals surface area contributed by atoms with Crippen LogP contribution in [0, 0.1) is 48.7 Å². The Labute approximate surface area is 236 Å². The largest absolute Gasteiger partial charge is 0.0596 e. The molecule has 4 fully saturated rings. The molecule has 0 heteroatoms. The Bertz CT molecular complexity index is 682. The van der Waals surface area contributed by atoms with Crippen molar-refractivity contribution in [1.82, 2.24) is 0 Å². The van der Waals surface area contributed by atoms with E-state index in [1.807, 2.05) is 0 Å². The zero-order valence-corrected chi connectivity index (χ0v) is 29.0. The first kappa shape index (κ1) is 33.2. The molecule has 0 radical (unpaired) electrons. The van der Waals surface area contributed by atoms with Crippen LogP contribution in [0.2, 0.25) is 0 Å². The van der Waals surface area contributed by atoms with Gasteiger partial charge in [0.15, 0.2) is 0 Å². The monoisotopic (exact) mass is 517 g/mol. The van der Waals surface area contributed by atoms with E-state index in [1.165, 1.54) is 77.0 Å². The molecule has 0 saturated heterocycles. The van der Waals surface area contributed by atoms with Crippen molar-refractivity contribution in [3.05, 3.63) is 0 Å². The van der Waals surface area contributed by atoms with Gasteiger partial charge in [-0.05, 0) is 93.7 Å². The van der Waals surface area contributed by atoms with Crippen LogP contribution in [0.4, 0.5) is 0 Å². The maximum Gasteiger partial charge on any atom is -0.0195 e. The van der Waals surface area contributed by atoms with Crippen molar-refractivity contribution in [3.8, 4) is 0 Å². The Morgan fingerprint density at radius 3 is 0.784 bits per heavy atom. The van der Waals surface area contributed by atoms with Gasteiger partial charge >= 0.3 is 0 Å². The van der Waals surface area contributed by atoms with Gasteiger partial charge in [0.05, 0.1) is 0 Å². The van der Waals surface area contributed by atoms with E-state index >= 15 is 0 Å². The maximum atomic E-state index is 2.48. The van der Waals surface area contributed by atoms with E-state index < -0.39 is 0 Å². The molecule has 0 bridgehead atoms. The van der Waals surface area contributed by atoms with Crippen LogP contribution < -0.4 is 0 Å². The molecule has 0 atom stereocenters. The van der Waals surface area contributed by atoms with Crippen molar-refractivity contribution >= 4 is 0 Å². The van der Waals surface area contributed by atoms with Crippen LogP contribution in [0.3, 0.4) is 0 Å². The minimum atomic E-state index is 0.450. The highest BCUT2D eigenvalue weighted by molar-refractivity contribution is 5.14. The second-order valence-corrected chi connectivity index (χ2v) is 19.5. The second-order valence-electron chi connectivity index (χ2n) is 19.5. The van der Waals surface area contributed by atoms with Gasteiger partial charge in [-0.25, -0.2) is 0 Å². The van der Waals surface area contributed by atoms with Gasteiger partial charge in [0.25, 0.3) is 0 Å². The van der Waals surface area contributed by atoms with Gasteiger partial charge in [-0.2, -0.15) is 0 Å². The van der Waals surface area contributed by atoms with Crippen molar-refractivity contribution in [2.24, 2.45) is 48.7 Å². The Kier molecular flexibility index (Phi) is 9.09. The molecule has 0 aromatic rings. The fourth-order valence-corrected chi connectivity index (χ4v) is 11.1. The minimum Gasteiger partial charge on any atom is -0.0596 e. The summed E-state index contributed by atoms with van der Waals surface area (Å²) in [5, 5.41) is 0. The molecule has 4 aliphatic rings. The average molecular weight is 517 g/mol. The third-order valence-corrected chi connectivity index (χ3v) is 13.1. The van der Waals surface area contributed by atoms with Crippen molar-refractivity contribution in [1.29, 1.82) is 0 Å². The van der Waals surface area contributed by atoms with E-state index in [2.05, 4.69) is 111 Å². The highest BCUT2D eigenvalue weighted by atomic mass is 14.7. The molecule has 4 rings (SSSR count). The number of hydrogen-bond donors (Lipinski definition) is 0. The van der Waals surface area contributed by atoms with Crippen LogP contribution >= 0.6 is 0 Å². The molecule has 1 spiro atoms. The first-order valence-corrected chi connectivity index (χ1v) is 16.3. The molecule has 0 aromatic carbocycles. The number of hydrogen-bond acceptors (Lipinski definition) is 0. The second kappa shape index (κ2) is 10.1. The van der Waals surface area contributed by atoms with Gasteiger partial charge in [0.1, 0.15) is 0 Å². The summed E-state index contributed by atoms with van der Waals surface area (Å²) in [5.74, 6) is 0. The highest BCUT2D eigenvalue weighted by Gasteiger charge is 2.64. The van der Waals surface area contributed by atoms with Crippen molar-refractivity contribution in [3.63, 3.8) is 0 Å². The average Bonchev–Trinajstić information content (AvgIpc) is 3.37. The summed E-state index contributed by atoms with van der Waals surface area (Å²) in [4.78, 5) is 0. The van der Waals surface area contributed by atoms with E-state index in [9.17, 15) is 0 Å². The van der Waals surface area contributed by atoms with Crippen LogP contribution in [0.25, 0.3) is 0 Å². The van der Waals surface area contributed by atoms with Crippen LogP contribution in [-0.2, 0) is 0 Å². The zero-order chi connectivity index (χ0) is 29.0. The molecule has 0 heterocycles. The SMILES string of the molecule is CC(C)(C)C1(C(C)(C)C)CC1.CC(C)(C)C1(C(C)(C)C)CCCCC1.CC1(C)CC(C)(C)C12CCCC2. The molecule has 220 valence electrons. The van der Waals surface area contributed by atoms with E-state index in [4.69, 9.17) is 0 Å². The van der Waals surface area contributed by atoms with Crippen molar-refractivity contribution in [2.75, 3.05) is 0 Å². The topological polar surface area (TPSA) is 0 Å². The predicted molar refractivity (Wildman–Crippen MR) is 168 cm³/mol. The standard InChI is InChI=1S/C14H28.C12H22.C11H22/c1-12(2,3)14(13(4,5)6)10-8-7-9-11-14;1-10(2)9-11(3,4)12(10)7-5-6-8-12;1-9(2,3)11(7-8-11)10(4,5)6/h7-11H2,1-6H3;5-9H2,1-4H3;7-8H2,1-6H3. The molecule has 0 amide bonds. The normalized spacial score (nSPS) is 27.2. The van der Waals surface area contributed by atoms with Crippen LogP contribution in [0.5, 0.6) is 0 Å². The third kappa shape index (κ3) is 5.90. The summed E-state index contributed by atoms with van der Waals surface area (Å²) in [5.41, 5.74) is 5.03. The third-order valence-electron chi connectivity index (χ3n) is 13.1. The molecule has 4 saturated carbocycles. The highest BCUT2D eigenvalue weighted by Crippen LogP contribution is 2.73. The van der Waals surface area contributed by atoms with Gasteiger partial charge in [-0.3, -0.25) is 0 Å². The Hall–Kier alpha value is 0. The fourth-order valence-electron chi connectivity index (χ4n) is 11.1. The Morgan fingerprint density at radius 2 is 0.622 bits per heavy atom. The lowest BCUT2D eigenvalue weighted by Crippen LogP contribution is -2.59. The Morgan fingerprint density at radius 1 is 0.351 bits per heavy atom. The Balaban J connectivity index is 0.000000197. The van der Waals surface area contributed by atoms with Crippen LogP contribution in [0.1, 0.15) is 188 Å². The van der Waals surface area contributed by atoms with E-state index in [0.29, 0.717) is 48.7 Å². The lowest BCUT2D eigenvalue weighted by molar-refractivity contribution is -0.178. The molecule has 4 aliphatic carbocycles. The molecular weight excluding hydrogens is 444 g/mol. The lowest BCUT2D eigenvalue weighted by atomic mass is 9.38. The summed E-state index contributed by atoms with van der Waals surface area (Å²) in [7, 11) is 0. The molecule has 0 nitrogen and oxygen atoms in total. The predicted octanol–water partition coefficient (Wildman–Crippen LogP) is 12.9. The van der Waals surface area contributed by atoms with E-state index in [-0.39, 0.29) is 0 Å². The molecule has 0 N–H and O–H groups in total. The molecular formula is C37H72. The minimum absolute atomic E-state index is 0.450. The molecule has 37 heavy (non-hydrogen) atoms. The van der Waals surface area contributed by atoms with Gasteiger partial charge < -0.3 is 0 Å². The van der Waals surface area contributed by atoms with E-state index in [0.717, 1.165) is 0 Å². The molecule has 0 aliphatic heterocycles. The zero-order valence-electron chi connectivity index (χ0n) is 29.0. The lowest BCUT2D eigenvalue weighted by Gasteiger charge is -2.67. The summed E-state index contributed by atoms with van der Waals surface area (Å²) < 4.78 is 0. The van der Waals surface area contributed by atoms with Gasteiger partial charge in [0, 0.05) is 0 Å². The molecule has 0 aromatic heterocycles. The maximum absolute atomic E-state index is 2.48. The first-order valence-electron chi connectivity index (χ1n) is 16.3. The van der Waals surface area contributed by atoms with Crippen LogP contribution in [0.15, 0.2) is 0 Å². The number of rotatable bonds is 0. The summed E-state index contributed by atoms with van der Waals surface area (Å²) >= 11 is 0. The van der Waals surface area contributed by atoms with E-state index in [1.54, 1.807) is 0 Å². The fraction of sp³-hybridized carbons (Fsp3) is 1.00. The summed E-state index contributed by atoms with van der Waals surface area (Å²) in [6.45, 7) is 38.8. The van der Waals surface area contributed by atoms with Gasteiger partial charge in [-0.1, -0.05) is 143 Å². The first-order chi connectivity index (χ1) is 16.3. The smallest absolute Gasteiger partial charge is 0.0195 e. The summed E-state index contributed by atoms with van der Waals surface area (Å²) in [6, 6.07) is 0. The van der Waals surface area contributed by atoms with Gasteiger partial charge in [0.2, 0.25) is 0 Å². The quantitative estimate of drug-likeness (QED) is 0.300. The summed E-state index contributed by atoms with van der Waals surface area (Å²) in [6.07, 6.45) is 17.4. The van der Waals surface area contributed by atoms with Crippen molar-refractivity contribution in [2.45, 2.75) is 188 Å². The van der Waals surface area contributed by atoms with Gasteiger partial charge in [-0.15, -0.1) is 0 Å².